The molecule has 0 bridgehead atoms. The molecule has 0 aromatic carbocycles. The molecule has 0 saturated heterocycles. The maximum Gasteiger partial charge on any atom is 0.404 e. The summed E-state index contributed by atoms with van der Waals surface area (Å²) in [7, 11) is 0. The average molecular weight is 388 g/mol. The molecule has 2 atom stereocenters. The molecular weight excluding hydrogens is 370 g/mol. The quantitative estimate of drug-likeness (QED) is 0.436. The van der Waals surface area contributed by atoms with Gasteiger partial charge in [-0.15, -0.1) is 0 Å². The molecule has 2 unspecified atom stereocenters. The number of alkyl halides is 10. The number of hydrogen-bond acceptors (Lipinski definition) is 0. The lowest BCUT2D eigenvalue weighted by atomic mass is 9.47. The van der Waals surface area contributed by atoms with Crippen molar-refractivity contribution in [2.75, 3.05) is 0 Å². The smallest absolute Gasteiger partial charge is 0.246 e. The summed E-state index contributed by atoms with van der Waals surface area (Å²) < 4.78 is 138. The molecule has 2 aliphatic carbocycles. The van der Waals surface area contributed by atoms with Crippen LogP contribution in [0.1, 0.15) is 51.4 Å². The van der Waals surface area contributed by atoms with Crippen molar-refractivity contribution >= 4 is 0 Å². The van der Waals surface area contributed by atoms with E-state index in [4.69, 9.17) is 0 Å². The standard InChI is InChI=1S/C15H18F10/c16-10-7-4-8-11(13(17,18)19,14(20,21)22)12(10,15(23,24)25)9-5-2-1-3-6-9/h9-10H,1-8H2. The second kappa shape index (κ2) is 6.18. The summed E-state index contributed by atoms with van der Waals surface area (Å²) in [6.07, 6.45) is -25.8. The van der Waals surface area contributed by atoms with Crippen LogP contribution >= 0.6 is 0 Å². The largest absolute Gasteiger partial charge is 0.404 e. The van der Waals surface area contributed by atoms with Crippen molar-refractivity contribution in [3.63, 3.8) is 0 Å². The van der Waals surface area contributed by atoms with E-state index < -0.39 is 73.6 Å². The first-order valence-electron chi connectivity index (χ1n) is 8.07. The summed E-state index contributed by atoms with van der Waals surface area (Å²) in [6, 6.07) is 0. The molecule has 0 amide bonds. The first-order chi connectivity index (χ1) is 11.2. The van der Waals surface area contributed by atoms with Crippen LogP contribution in [0.5, 0.6) is 0 Å². The molecule has 0 aromatic rings. The van der Waals surface area contributed by atoms with Crippen LogP contribution in [0.25, 0.3) is 0 Å². The minimum Gasteiger partial charge on any atom is -0.246 e. The van der Waals surface area contributed by atoms with Gasteiger partial charge in [-0.25, -0.2) is 4.39 Å². The van der Waals surface area contributed by atoms with Gasteiger partial charge in [-0.2, -0.15) is 39.5 Å². The predicted octanol–water partition coefficient (Wildman–Crippen LogP) is 6.75. The molecule has 2 rings (SSSR count). The van der Waals surface area contributed by atoms with Crippen LogP contribution in [0.2, 0.25) is 0 Å². The van der Waals surface area contributed by atoms with Crippen molar-refractivity contribution < 1.29 is 43.9 Å². The lowest BCUT2D eigenvalue weighted by Crippen LogP contribution is -2.73. The van der Waals surface area contributed by atoms with Crippen molar-refractivity contribution in [3.8, 4) is 0 Å². The summed E-state index contributed by atoms with van der Waals surface area (Å²) in [6.45, 7) is 0. The van der Waals surface area contributed by atoms with Gasteiger partial charge < -0.3 is 0 Å². The Bertz CT molecular complexity index is 454. The van der Waals surface area contributed by atoms with Gasteiger partial charge in [-0.1, -0.05) is 19.3 Å². The van der Waals surface area contributed by atoms with Crippen molar-refractivity contribution in [3.05, 3.63) is 0 Å². The zero-order valence-electron chi connectivity index (χ0n) is 13.1. The molecule has 2 aliphatic rings. The van der Waals surface area contributed by atoms with Gasteiger partial charge >= 0.3 is 18.5 Å². The summed E-state index contributed by atoms with van der Waals surface area (Å²) in [4.78, 5) is 0. The van der Waals surface area contributed by atoms with Gasteiger partial charge in [-0.05, 0) is 38.0 Å². The maximum atomic E-state index is 14.6. The Hall–Kier alpha value is -0.700. The molecule has 0 nitrogen and oxygen atoms in total. The van der Waals surface area contributed by atoms with E-state index in [1.165, 1.54) is 0 Å². The molecule has 0 aromatic heterocycles. The summed E-state index contributed by atoms with van der Waals surface area (Å²) in [5, 5.41) is 0. The lowest BCUT2D eigenvalue weighted by molar-refractivity contribution is -0.451. The van der Waals surface area contributed by atoms with Gasteiger partial charge in [-0.3, -0.25) is 0 Å². The first kappa shape index (κ1) is 20.6. The molecular formula is C15H18F10. The third-order valence-corrected chi connectivity index (χ3v) is 5.90. The average Bonchev–Trinajstić information content (AvgIpc) is 2.44. The molecule has 2 fully saturated rings. The van der Waals surface area contributed by atoms with Gasteiger partial charge in [0, 0.05) is 0 Å². The van der Waals surface area contributed by atoms with Gasteiger partial charge in [0.15, 0.2) is 5.41 Å². The van der Waals surface area contributed by atoms with Gasteiger partial charge in [0.1, 0.15) is 11.6 Å². The normalized spacial score (nSPS) is 32.6. The fourth-order valence-electron chi connectivity index (χ4n) is 4.97. The zero-order chi connectivity index (χ0) is 19.3. The van der Waals surface area contributed by atoms with E-state index in [-0.39, 0.29) is 12.8 Å². The monoisotopic (exact) mass is 388 g/mol. The van der Waals surface area contributed by atoms with E-state index in [0.717, 1.165) is 0 Å². The first-order valence-corrected chi connectivity index (χ1v) is 8.07. The number of rotatable bonds is 1. The van der Waals surface area contributed by atoms with Gasteiger partial charge in [0.25, 0.3) is 0 Å². The minimum atomic E-state index is -6.26. The van der Waals surface area contributed by atoms with E-state index in [1.807, 2.05) is 0 Å². The second-order valence-electron chi connectivity index (χ2n) is 6.96. The summed E-state index contributed by atoms with van der Waals surface area (Å²) >= 11 is 0. The van der Waals surface area contributed by atoms with Crippen LogP contribution in [0.15, 0.2) is 0 Å². The molecule has 10 heteroatoms. The van der Waals surface area contributed by atoms with Crippen LogP contribution < -0.4 is 0 Å². The molecule has 25 heavy (non-hydrogen) atoms. The molecule has 0 radical (unpaired) electrons. The van der Waals surface area contributed by atoms with E-state index in [1.54, 1.807) is 0 Å². The van der Waals surface area contributed by atoms with Crippen LogP contribution in [0, 0.1) is 16.7 Å². The van der Waals surface area contributed by atoms with Crippen molar-refractivity contribution in [2.45, 2.75) is 76.1 Å². The minimum absolute atomic E-state index is 0.0566. The second-order valence-corrected chi connectivity index (χ2v) is 6.96. The molecule has 0 aliphatic heterocycles. The van der Waals surface area contributed by atoms with E-state index in [2.05, 4.69) is 0 Å². The van der Waals surface area contributed by atoms with E-state index in [0.29, 0.717) is 6.42 Å². The van der Waals surface area contributed by atoms with E-state index >= 15 is 0 Å². The molecule has 0 spiro atoms. The maximum absolute atomic E-state index is 14.6. The fourth-order valence-corrected chi connectivity index (χ4v) is 4.97. The third kappa shape index (κ3) is 2.72. The highest BCUT2D eigenvalue weighted by Crippen LogP contribution is 2.74. The Labute approximate surface area is 137 Å². The Kier molecular flexibility index (Phi) is 5.09. The topological polar surface area (TPSA) is 0 Å². The Morgan fingerprint density at radius 3 is 1.48 bits per heavy atom. The highest BCUT2D eigenvalue weighted by Gasteiger charge is 2.89. The van der Waals surface area contributed by atoms with Crippen LogP contribution in [0.3, 0.4) is 0 Å². The Morgan fingerprint density at radius 1 is 0.600 bits per heavy atom. The van der Waals surface area contributed by atoms with Crippen LogP contribution in [-0.4, -0.2) is 24.7 Å². The zero-order valence-corrected chi connectivity index (χ0v) is 13.1. The number of halogens is 10. The molecule has 148 valence electrons. The lowest BCUT2D eigenvalue weighted by Gasteiger charge is -2.59. The number of hydrogen-bond donors (Lipinski definition) is 0. The predicted molar refractivity (Wildman–Crippen MR) is 68.4 cm³/mol. The molecule has 2 saturated carbocycles. The summed E-state index contributed by atoms with van der Waals surface area (Å²) in [5.41, 5.74) is -9.61. The highest BCUT2D eigenvalue weighted by molar-refractivity contribution is 5.17. The van der Waals surface area contributed by atoms with E-state index in [9.17, 15) is 43.9 Å². The van der Waals surface area contributed by atoms with Crippen LogP contribution in [-0.2, 0) is 0 Å². The highest BCUT2D eigenvalue weighted by atomic mass is 19.4. The summed E-state index contributed by atoms with van der Waals surface area (Å²) in [5.74, 6) is -2.04. The van der Waals surface area contributed by atoms with Gasteiger partial charge in [0.2, 0.25) is 0 Å². The van der Waals surface area contributed by atoms with Crippen molar-refractivity contribution in [1.29, 1.82) is 0 Å². The van der Waals surface area contributed by atoms with Crippen LogP contribution in [0.4, 0.5) is 43.9 Å². The SMILES string of the molecule is FC1CCCC(C(F)(F)F)(C(F)(F)F)C1(C1CCCCC1)C(F)(F)F. The molecule has 0 heterocycles. The Balaban J connectivity index is 2.85. The third-order valence-electron chi connectivity index (χ3n) is 5.90. The Morgan fingerprint density at radius 2 is 1.08 bits per heavy atom. The molecule has 0 N–H and O–H groups in total. The van der Waals surface area contributed by atoms with Crippen molar-refractivity contribution in [2.24, 2.45) is 16.7 Å². The fraction of sp³-hybridized carbons (Fsp3) is 1.00. The van der Waals surface area contributed by atoms with Gasteiger partial charge in [0.05, 0.1) is 0 Å². The van der Waals surface area contributed by atoms with Crippen molar-refractivity contribution in [1.82, 2.24) is 0 Å².